The number of hydrogen-bond acceptors (Lipinski definition) is 5. The molecule has 0 unspecified atom stereocenters. The summed E-state index contributed by atoms with van der Waals surface area (Å²) < 4.78 is 53.2. The summed E-state index contributed by atoms with van der Waals surface area (Å²) in [6.07, 6.45) is -0.0530. The summed E-state index contributed by atoms with van der Waals surface area (Å²) in [5.74, 6) is -0.404. The third kappa shape index (κ3) is 7.32. The van der Waals surface area contributed by atoms with Crippen LogP contribution in [0, 0.1) is 6.92 Å². The van der Waals surface area contributed by atoms with E-state index in [-0.39, 0.29) is 34.9 Å². The van der Waals surface area contributed by atoms with Crippen LogP contribution >= 0.6 is 0 Å². The lowest BCUT2D eigenvalue weighted by molar-refractivity contribution is -0.116. The van der Waals surface area contributed by atoms with Crippen LogP contribution in [0.15, 0.2) is 47.4 Å². The molecule has 0 aromatic heterocycles. The Kier molecular flexibility index (Phi) is 8.08. The Morgan fingerprint density at radius 3 is 2.12 bits per heavy atom. The molecule has 0 saturated heterocycles. The van der Waals surface area contributed by atoms with Gasteiger partial charge in [-0.05, 0) is 60.7 Å². The third-order valence-electron chi connectivity index (χ3n) is 4.83. The lowest BCUT2D eigenvalue weighted by Crippen LogP contribution is -2.28. The summed E-state index contributed by atoms with van der Waals surface area (Å²) in [7, 11) is -7.11. The van der Waals surface area contributed by atoms with E-state index < -0.39 is 20.0 Å². The van der Waals surface area contributed by atoms with Gasteiger partial charge in [0.25, 0.3) is 0 Å². The highest BCUT2D eigenvalue weighted by molar-refractivity contribution is 7.92. The molecule has 8 nitrogen and oxygen atoms in total. The molecular formula is C22H31N3O5S2. The number of anilines is 2. The molecule has 176 valence electrons. The molecular weight excluding hydrogens is 450 g/mol. The Labute approximate surface area is 190 Å². The van der Waals surface area contributed by atoms with E-state index in [1.54, 1.807) is 56.3 Å². The molecule has 3 N–H and O–H groups in total. The van der Waals surface area contributed by atoms with Crippen molar-refractivity contribution in [2.45, 2.75) is 51.3 Å². The molecule has 0 aliphatic heterocycles. The first kappa shape index (κ1) is 25.8. The first-order valence-electron chi connectivity index (χ1n) is 10.2. The third-order valence-corrected chi connectivity index (χ3v) is 7.60. The van der Waals surface area contributed by atoms with Crippen LogP contribution in [0.1, 0.15) is 45.2 Å². The van der Waals surface area contributed by atoms with Crippen molar-refractivity contribution in [3.8, 4) is 0 Å². The minimum Gasteiger partial charge on any atom is -0.326 e. The van der Waals surface area contributed by atoms with Crippen molar-refractivity contribution in [1.29, 1.82) is 0 Å². The molecule has 0 bridgehead atoms. The fraction of sp³-hybridized carbons (Fsp3) is 0.409. The van der Waals surface area contributed by atoms with Gasteiger partial charge in [0.1, 0.15) is 0 Å². The first-order valence-corrected chi connectivity index (χ1v) is 13.4. The van der Waals surface area contributed by atoms with Gasteiger partial charge in [-0.25, -0.2) is 21.6 Å². The van der Waals surface area contributed by atoms with Crippen LogP contribution in [0.25, 0.3) is 0 Å². The van der Waals surface area contributed by atoms with Gasteiger partial charge < -0.3 is 5.32 Å². The van der Waals surface area contributed by atoms with Crippen LogP contribution < -0.4 is 14.8 Å². The Balaban J connectivity index is 1.92. The van der Waals surface area contributed by atoms with E-state index in [9.17, 15) is 21.6 Å². The highest BCUT2D eigenvalue weighted by Crippen LogP contribution is 2.23. The zero-order valence-corrected chi connectivity index (χ0v) is 20.7. The summed E-state index contributed by atoms with van der Waals surface area (Å²) in [6.45, 7) is 9.36. The summed E-state index contributed by atoms with van der Waals surface area (Å²) in [5, 5.41) is 2.69. The van der Waals surface area contributed by atoms with E-state index in [4.69, 9.17) is 0 Å². The molecule has 2 rings (SSSR count). The van der Waals surface area contributed by atoms with Crippen LogP contribution in [-0.2, 0) is 30.3 Å². The van der Waals surface area contributed by atoms with Crippen LogP contribution in [0.3, 0.4) is 0 Å². The lowest BCUT2D eigenvalue weighted by atomic mass is 9.87. The van der Waals surface area contributed by atoms with Crippen LogP contribution in [-0.4, -0.2) is 35.0 Å². The second-order valence-corrected chi connectivity index (χ2v) is 12.3. The standard InChI is InChI=1S/C22H31N3O5S2/c1-6-31(27,28)25-20-12-9-18(15-16(20)2)24-21(26)13-14-23-32(29,30)19-10-7-17(8-11-19)22(3,4)5/h7-12,15,23,25H,6,13-14H2,1-5H3,(H,24,26). The molecule has 0 saturated carbocycles. The summed E-state index contributed by atoms with van der Waals surface area (Å²) in [5.41, 5.74) is 2.53. The smallest absolute Gasteiger partial charge is 0.240 e. The van der Waals surface area contributed by atoms with Crippen LogP contribution in [0.2, 0.25) is 0 Å². The topological polar surface area (TPSA) is 121 Å². The molecule has 0 radical (unpaired) electrons. The average molecular weight is 482 g/mol. The number of rotatable bonds is 9. The van der Waals surface area contributed by atoms with Gasteiger partial charge in [-0.3, -0.25) is 9.52 Å². The molecule has 0 heterocycles. The molecule has 0 aliphatic rings. The van der Waals surface area contributed by atoms with Crippen molar-refractivity contribution in [1.82, 2.24) is 4.72 Å². The average Bonchev–Trinajstić information content (AvgIpc) is 2.69. The number of amides is 1. The fourth-order valence-corrected chi connectivity index (χ4v) is 4.58. The van der Waals surface area contributed by atoms with Gasteiger partial charge in [0, 0.05) is 18.7 Å². The Bertz CT molecular complexity index is 1170. The predicted molar refractivity (Wildman–Crippen MR) is 128 cm³/mol. The molecule has 2 aromatic rings. The first-order chi connectivity index (χ1) is 14.7. The number of hydrogen-bond donors (Lipinski definition) is 3. The van der Waals surface area contributed by atoms with Gasteiger partial charge in [0.05, 0.1) is 16.3 Å². The minimum atomic E-state index is -3.72. The van der Waals surface area contributed by atoms with E-state index in [1.807, 2.05) is 20.8 Å². The maximum atomic E-state index is 12.5. The summed E-state index contributed by atoms with van der Waals surface area (Å²) in [4.78, 5) is 12.3. The molecule has 0 aliphatic carbocycles. The largest absolute Gasteiger partial charge is 0.326 e. The second-order valence-electron chi connectivity index (χ2n) is 8.51. The maximum Gasteiger partial charge on any atom is 0.240 e. The number of sulfonamides is 2. The Hall–Kier alpha value is -2.43. The van der Waals surface area contributed by atoms with E-state index in [0.717, 1.165) is 5.56 Å². The van der Waals surface area contributed by atoms with Gasteiger partial charge >= 0.3 is 0 Å². The van der Waals surface area contributed by atoms with Gasteiger partial charge in [-0.15, -0.1) is 0 Å². The fourth-order valence-electron chi connectivity index (χ4n) is 2.84. The van der Waals surface area contributed by atoms with E-state index in [1.165, 1.54) is 0 Å². The van der Waals surface area contributed by atoms with Gasteiger partial charge in [-0.2, -0.15) is 0 Å². The zero-order valence-electron chi connectivity index (χ0n) is 19.0. The SMILES string of the molecule is CCS(=O)(=O)Nc1ccc(NC(=O)CCNS(=O)(=O)c2ccc(C(C)(C)C)cc2)cc1C. The maximum absolute atomic E-state index is 12.5. The number of benzene rings is 2. The summed E-state index contributed by atoms with van der Waals surface area (Å²) in [6, 6.07) is 11.5. The highest BCUT2D eigenvalue weighted by Gasteiger charge is 2.18. The van der Waals surface area contributed by atoms with E-state index in [2.05, 4.69) is 14.8 Å². The molecule has 0 spiro atoms. The van der Waals surface area contributed by atoms with Crippen molar-refractivity contribution in [3.63, 3.8) is 0 Å². The monoisotopic (exact) mass is 481 g/mol. The quantitative estimate of drug-likeness (QED) is 0.507. The molecule has 10 heteroatoms. The second kappa shape index (κ2) is 10.0. The van der Waals surface area contributed by atoms with Crippen molar-refractivity contribution in [3.05, 3.63) is 53.6 Å². The van der Waals surface area contributed by atoms with Crippen molar-refractivity contribution in [2.75, 3.05) is 22.3 Å². The molecule has 0 atom stereocenters. The van der Waals surface area contributed by atoms with E-state index in [0.29, 0.717) is 16.9 Å². The lowest BCUT2D eigenvalue weighted by Gasteiger charge is -2.19. The number of carbonyl (C=O) groups is 1. The molecule has 32 heavy (non-hydrogen) atoms. The van der Waals surface area contributed by atoms with Gasteiger partial charge in [-0.1, -0.05) is 32.9 Å². The Morgan fingerprint density at radius 1 is 0.969 bits per heavy atom. The zero-order chi connectivity index (χ0) is 24.2. The van der Waals surface area contributed by atoms with Crippen molar-refractivity contribution in [2.24, 2.45) is 0 Å². The minimum absolute atomic E-state index is 0.0401. The van der Waals surface area contributed by atoms with Gasteiger partial charge in [0.15, 0.2) is 0 Å². The van der Waals surface area contributed by atoms with Crippen LogP contribution in [0.5, 0.6) is 0 Å². The number of nitrogens with one attached hydrogen (secondary N) is 3. The van der Waals surface area contributed by atoms with Crippen molar-refractivity contribution >= 4 is 37.3 Å². The molecule has 1 amide bonds. The molecule has 0 fully saturated rings. The predicted octanol–water partition coefficient (Wildman–Crippen LogP) is 3.36. The van der Waals surface area contributed by atoms with Gasteiger partial charge in [0.2, 0.25) is 26.0 Å². The van der Waals surface area contributed by atoms with Crippen molar-refractivity contribution < 1.29 is 21.6 Å². The Morgan fingerprint density at radius 2 is 1.59 bits per heavy atom. The number of carbonyl (C=O) groups excluding carboxylic acids is 1. The van der Waals surface area contributed by atoms with E-state index >= 15 is 0 Å². The normalized spacial score (nSPS) is 12.4. The molecule has 2 aromatic carbocycles. The summed E-state index contributed by atoms with van der Waals surface area (Å²) >= 11 is 0. The number of aryl methyl sites for hydroxylation is 1. The van der Waals surface area contributed by atoms with Crippen LogP contribution in [0.4, 0.5) is 11.4 Å². The highest BCUT2D eigenvalue weighted by atomic mass is 32.2.